The van der Waals surface area contributed by atoms with Crippen LogP contribution in [-0.2, 0) is 19.6 Å². The van der Waals surface area contributed by atoms with Crippen molar-refractivity contribution in [3.63, 3.8) is 0 Å². The number of benzene rings is 2. The van der Waals surface area contributed by atoms with Gasteiger partial charge < -0.3 is 15.0 Å². The van der Waals surface area contributed by atoms with Gasteiger partial charge in [-0.15, -0.1) is 0 Å². The van der Waals surface area contributed by atoms with E-state index in [0.717, 1.165) is 0 Å². The monoisotopic (exact) mass is 473 g/mol. The summed E-state index contributed by atoms with van der Waals surface area (Å²) in [6, 6.07) is 10.9. The van der Waals surface area contributed by atoms with Gasteiger partial charge in [0.15, 0.2) is 0 Å². The Morgan fingerprint density at radius 1 is 1.12 bits per heavy atom. The van der Waals surface area contributed by atoms with Gasteiger partial charge in [0.2, 0.25) is 11.8 Å². The van der Waals surface area contributed by atoms with E-state index >= 15 is 0 Å². The molecule has 178 valence electrons. The van der Waals surface area contributed by atoms with Crippen molar-refractivity contribution in [3.8, 4) is 5.75 Å². The van der Waals surface area contributed by atoms with Crippen molar-refractivity contribution in [1.29, 1.82) is 0 Å². The lowest BCUT2D eigenvalue weighted by atomic mass is 9.92. The predicted octanol–water partition coefficient (Wildman–Crippen LogP) is 4.24. The number of ether oxygens (including phenoxy) is 1. The van der Waals surface area contributed by atoms with Crippen molar-refractivity contribution in [2.45, 2.75) is 45.9 Å². The number of hydrogen-bond donors (Lipinski definition) is 2. The smallest absolute Gasteiger partial charge is 0.261 e. The first-order valence-corrected chi connectivity index (χ1v) is 12.4. The topological polar surface area (TPSA) is 105 Å². The number of hydrogen-bond acceptors (Lipinski definition) is 5. The Morgan fingerprint density at radius 2 is 1.76 bits per heavy atom. The van der Waals surface area contributed by atoms with Gasteiger partial charge in [-0.05, 0) is 62.2 Å². The first-order chi connectivity index (χ1) is 15.4. The van der Waals surface area contributed by atoms with Gasteiger partial charge in [0, 0.05) is 18.7 Å². The Labute approximate surface area is 195 Å². The van der Waals surface area contributed by atoms with E-state index in [0.29, 0.717) is 35.8 Å². The zero-order chi connectivity index (χ0) is 24.4. The number of amides is 2. The summed E-state index contributed by atoms with van der Waals surface area (Å²) in [5.74, 6) is 0.524. The molecule has 8 nitrogen and oxygen atoms in total. The molecule has 0 aliphatic carbocycles. The SMILES string of the molecule is CCC(=O)Nc1ccc(S(=O)(=O)Nc2ccc3c(c2)N(CC(C)C)C(=O)C(C)(C)CO3)cc1. The molecule has 33 heavy (non-hydrogen) atoms. The van der Waals surface area contributed by atoms with Crippen LogP contribution in [0.5, 0.6) is 5.75 Å². The summed E-state index contributed by atoms with van der Waals surface area (Å²) in [7, 11) is -3.88. The van der Waals surface area contributed by atoms with Gasteiger partial charge in [-0.1, -0.05) is 20.8 Å². The number of nitrogens with zero attached hydrogens (tertiary/aromatic N) is 1. The van der Waals surface area contributed by atoms with E-state index in [-0.39, 0.29) is 29.2 Å². The van der Waals surface area contributed by atoms with Crippen LogP contribution in [0, 0.1) is 11.3 Å². The highest BCUT2D eigenvalue weighted by Gasteiger charge is 2.38. The largest absolute Gasteiger partial charge is 0.490 e. The highest BCUT2D eigenvalue weighted by atomic mass is 32.2. The van der Waals surface area contributed by atoms with Crippen molar-refractivity contribution >= 4 is 38.9 Å². The Kier molecular flexibility index (Phi) is 7.02. The molecule has 1 aliphatic rings. The van der Waals surface area contributed by atoms with E-state index < -0.39 is 15.4 Å². The molecular weight excluding hydrogens is 442 g/mol. The average Bonchev–Trinajstić information content (AvgIpc) is 2.84. The number of carbonyl (C=O) groups is 2. The molecule has 0 bridgehead atoms. The van der Waals surface area contributed by atoms with Gasteiger partial charge in [0.05, 0.1) is 21.7 Å². The maximum atomic E-state index is 13.2. The van der Waals surface area contributed by atoms with Gasteiger partial charge >= 0.3 is 0 Å². The predicted molar refractivity (Wildman–Crippen MR) is 129 cm³/mol. The fourth-order valence-electron chi connectivity index (χ4n) is 3.44. The number of anilines is 3. The Bertz CT molecular complexity index is 1140. The molecule has 2 N–H and O–H groups in total. The zero-order valence-electron chi connectivity index (χ0n) is 19.6. The number of sulfonamides is 1. The summed E-state index contributed by atoms with van der Waals surface area (Å²) < 4.78 is 34.4. The van der Waals surface area contributed by atoms with Crippen molar-refractivity contribution in [1.82, 2.24) is 0 Å². The van der Waals surface area contributed by atoms with Crippen molar-refractivity contribution in [3.05, 3.63) is 42.5 Å². The first-order valence-electron chi connectivity index (χ1n) is 10.9. The molecule has 1 aliphatic heterocycles. The third-order valence-corrected chi connectivity index (χ3v) is 6.63. The summed E-state index contributed by atoms with van der Waals surface area (Å²) in [5.41, 5.74) is 0.676. The molecule has 0 radical (unpaired) electrons. The summed E-state index contributed by atoms with van der Waals surface area (Å²) in [5, 5.41) is 2.69. The summed E-state index contributed by atoms with van der Waals surface area (Å²) in [6.07, 6.45) is 0.331. The van der Waals surface area contributed by atoms with Crippen LogP contribution in [0.2, 0.25) is 0 Å². The maximum absolute atomic E-state index is 13.2. The second kappa shape index (κ2) is 9.43. The van der Waals surface area contributed by atoms with Crippen LogP contribution >= 0.6 is 0 Å². The molecule has 0 aromatic heterocycles. The lowest BCUT2D eigenvalue weighted by molar-refractivity contribution is -0.127. The molecule has 0 saturated heterocycles. The zero-order valence-corrected chi connectivity index (χ0v) is 20.5. The van der Waals surface area contributed by atoms with Crippen molar-refractivity contribution in [2.24, 2.45) is 11.3 Å². The molecule has 2 amide bonds. The Hall–Kier alpha value is -3.07. The van der Waals surface area contributed by atoms with Gasteiger partial charge in [-0.25, -0.2) is 8.42 Å². The molecule has 0 fully saturated rings. The number of carbonyl (C=O) groups excluding carboxylic acids is 2. The number of rotatable bonds is 7. The average molecular weight is 474 g/mol. The van der Waals surface area contributed by atoms with Gasteiger partial charge in [-0.2, -0.15) is 0 Å². The molecule has 2 aromatic rings. The van der Waals surface area contributed by atoms with E-state index in [4.69, 9.17) is 4.74 Å². The molecule has 0 spiro atoms. The first kappa shape index (κ1) is 24.6. The van der Waals surface area contributed by atoms with E-state index in [9.17, 15) is 18.0 Å². The Balaban J connectivity index is 1.89. The minimum atomic E-state index is -3.88. The fourth-order valence-corrected chi connectivity index (χ4v) is 4.49. The van der Waals surface area contributed by atoms with Crippen LogP contribution in [0.4, 0.5) is 17.1 Å². The molecule has 1 heterocycles. The third kappa shape index (κ3) is 5.65. The fraction of sp³-hybridized carbons (Fsp3) is 0.417. The standard InChI is InChI=1S/C24H31N3O5S/c1-6-22(28)25-17-7-10-19(11-8-17)33(30,31)26-18-9-12-21-20(13-18)27(14-16(2)3)23(29)24(4,5)15-32-21/h7-13,16,26H,6,14-15H2,1-5H3,(H,25,28). The highest BCUT2D eigenvalue weighted by Crippen LogP contribution is 2.39. The molecule has 3 rings (SSSR count). The van der Waals surface area contributed by atoms with Crippen LogP contribution in [0.1, 0.15) is 41.0 Å². The molecule has 0 atom stereocenters. The van der Waals surface area contributed by atoms with E-state index in [1.807, 2.05) is 27.7 Å². The van der Waals surface area contributed by atoms with E-state index in [1.54, 1.807) is 30.0 Å². The summed E-state index contributed by atoms with van der Waals surface area (Å²) >= 11 is 0. The van der Waals surface area contributed by atoms with Crippen LogP contribution in [0.15, 0.2) is 47.4 Å². The molecule has 2 aromatic carbocycles. The van der Waals surface area contributed by atoms with Gasteiger partial charge in [0.1, 0.15) is 12.4 Å². The molecular formula is C24H31N3O5S. The summed E-state index contributed by atoms with van der Waals surface area (Å²) in [4.78, 5) is 26.4. The maximum Gasteiger partial charge on any atom is 0.261 e. The number of nitrogens with one attached hydrogen (secondary N) is 2. The molecule has 9 heteroatoms. The van der Waals surface area contributed by atoms with Gasteiger partial charge in [0.25, 0.3) is 10.0 Å². The lowest BCUT2D eigenvalue weighted by Crippen LogP contribution is -2.43. The molecule has 0 saturated carbocycles. The van der Waals surface area contributed by atoms with Crippen LogP contribution in [0.3, 0.4) is 0 Å². The van der Waals surface area contributed by atoms with Gasteiger partial charge in [-0.3, -0.25) is 14.3 Å². The van der Waals surface area contributed by atoms with Crippen LogP contribution in [-0.4, -0.2) is 33.4 Å². The minimum absolute atomic E-state index is 0.0550. The lowest BCUT2D eigenvalue weighted by Gasteiger charge is -2.29. The third-order valence-electron chi connectivity index (χ3n) is 5.23. The molecule has 0 unspecified atom stereocenters. The second-order valence-corrected chi connectivity index (χ2v) is 10.9. The highest BCUT2D eigenvalue weighted by molar-refractivity contribution is 7.92. The van der Waals surface area contributed by atoms with Crippen molar-refractivity contribution < 1.29 is 22.7 Å². The quantitative estimate of drug-likeness (QED) is 0.626. The Morgan fingerprint density at radius 3 is 2.36 bits per heavy atom. The van der Waals surface area contributed by atoms with E-state index in [1.165, 1.54) is 24.3 Å². The number of fused-ring (bicyclic) bond motifs is 1. The van der Waals surface area contributed by atoms with Crippen molar-refractivity contribution in [2.75, 3.05) is 28.1 Å². The normalized spacial score (nSPS) is 15.5. The van der Waals surface area contributed by atoms with E-state index in [2.05, 4.69) is 10.0 Å². The van der Waals surface area contributed by atoms with Crippen LogP contribution < -0.4 is 19.7 Å². The van der Waals surface area contributed by atoms with Crippen LogP contribution in [0.25, 0.3) is 0 Å². The minimum Gasteiger partial charge on any atom is -0.490 e. The second-order valence-electron chi connectivity index (χ2n) is 9.20. The summed E-state index contributed by atoms with van der Waals surface area (Å²) in [6.45, 7) is 10.2.